The predicted molar refractivity (Wildman–Crippen MR) is 84.8 cm³/mol. The summed E-state index contributed by atoms with van der Waals surface area (Å²) < 4.78 is 33.0. The highest BCUT2D eigenvalue weighted by molar-refractivity contribution is 5.98. The van der Waals surface area contributed by atoms with Gasteiger partial charge in [0.05, 0.1) is 5.56 Å². The molecular formula is C16H19F2N3O4. The number of benzene rings is 1. The Balaban J connectivity index is 3.06. The van der Waals surface area contributed by atoms with Gasteiger partial charge in [0, 0.05) is 5.54 Å². The van der Waals surface area contributed by atoms with Gasteiger partial charge in [0.25, 0.3) is 11.8 Å². The fourth-order valence-electron chi connectivity index (χ4n) is 1.87. The molecule has 136 valence electrons. The SMILES string of the molecule is CC#CCOc1ccc(C(=O)N[C@H](C(=O)NO)C(C)(C)N)c(F)c1F. The summed E-state index contributed by atoms with van der Waals surface area (Å²) >= 11 is 0. The normalized spacial score (nSPS) is 11.8. The number of carbonyl (C=O) groups excluding carboxylic acids is 2. The molecule has 0 aliphatic carbocycles. The Morgan fingerprint density at radius 1 is 1.36 bits per heavy atom. The summed E-state index contributed by atoms with van der Waals surface area (Å²) in [5.41, 5.74) is 5.19. The number of nitrogens with one attached hydrogen (secondary N) is 2. The van der Waals surface area contributed by atoms with Crippen LogP contribution in [-0.2, 0) is 4.79 Å². The molecule has 25 heavy (non-hydrogen) atoms. The lowest BCUT2D eigenvalue weighted by molar-refractivity contribution is -0.132. The highest BCUT2D eigenvalue weighted by atomic mass is 19.2. The molecule has 0 bridgehead atoms. The molecule has 1 aromatic rings. The number of carbonyl (C=O) groups is 2. The second kappa shape index (κ2) is 8.41. The van der Waals surface area contributed by atoms with Gasteiger partial charge in [0.15, 0.2) is 11.6 Å². The predicted octanol–water partition coefficient (Wildman–Crippen LogP) is 0.708. The monoisotopic (exact) mass is 355 g/mol. The van der Waals surface area contributed by atoms with Crippen LogP contribution in [-0.4, -0.2) is 35.2 Å². The van der Waals surface area contributed by atoms with E-state index >= 15 is 0 Å². The van der Waals surface area contributed by atoms with E-state index in [1.807, 2.05) is 0 Å². The van der Waals surface area contributed by atoms with Crippen LogP contribution in [0.15, 0.2) is 12.1 Å². The molecule has 5 N–H and O–H groups in total. The molecule has 1 aromatic carbocycles. The summed E-state index contributed by atoms with van der Waals surface area (Å²) in [6.07, 6.45) is 0. The Hall–Kier alpha value is -2.70. The van der Waals surface area contributed by atoms with Gasteiger partial charge >= 0.3 is 0 Å². The topological polar surface area (TPSA) is 114 Å². The zero-order valence-electron chi connectivity index (χ0n) is 13.9. The van der Waals surface area contributed by atoms with Crippen molar-refractivity contribution in [2.45, 2.75) is 32.4 Å². The first-order valence-electron chi connectivity index (χ1n) is 7.17. The van der Waals surface area contributed by atoms with Gasteiger partial charge in [0.1, 0.15) is 12.6 Å². The summed E-state index contributed by atoms with van der Waals surface area (Å²) in [6, 6.07) is 0.683. The molecule has 0 spiro atoms. The molecule has 0 saturated heterocycles. The Bertz CT molecular complexity index is 721. The van der Waals surface area contributed by atoms with Crippen LogP contribution in [0.2, 0.25) is 0 Å². The minimum atomic E-state index is -1.45. The maximum Gasteiger partial charge on any atom is 0.267 e. The maximum absolute atomic E-state index is 14.1. The van der Waals surface area contributed by atoms with E-state index in [0.29, 0.717) is 0 Å². The zero-order chi connectivity index (χ0) is 19.2. The summed E-state index contributed by atoms with van der Waals surface area (Å²) in [6.45, 7) is 4.25. The molecule has 0 radical (unpaired) electrons. The van der Waals surface area contributed by atoms with Crippen LogP contribution in [0.3, 0.4) is 0 Å². The molecule has 1 rings (SSSR count). The summed E-state index contributed by atoms with van der Waals surface area (Å²) in [4.78, 5) is 23.8. The molecule has 2 amide bonds. The van der Waals surface area contributed by atoms with Gasteiger partial charge in [-0.1, -0.05) is 5.92 Å². The fourth-order valence-corrected chi connectivity index (χ4v) is 1.87. The second-order valence-electron chi connectivity index (χ2n) is 5.66. The van der Waals surface area contributed by atoms with Crippen molar-refractivity contribution in [1.82, 2.24) is 10.8 Å². The van der Waals surface area contributed by atoms with Crippen LogP contribution < -0.4 is 21.3 Å². The molecule has 7 nitrogen and oxygen atoms in total. The quantitative estimate of drug-likeness (QED) is 0.341. The molecule has 0 aliphatic heterocycles. The molecule has 0 aliphatic rings. The first kappa shape index (κ1) is 20.3. The van der Waals surface area contributed by atoms with Crippen molar-refractivity contribution in [1.29, 1.82) is 0 Å². The number of halogens is 2. The molecule has 0 aromatic heterocycles. The van der Waals surface area contributed by atoms with Crippen LogP contribution in [0, 0.1) is 23.5 Å². The molecule has 1 atom stereocenters. The van der Waals surface area contributed by atoms with Crippen molar-refractivity contribution >= 4 is 11.8 Å². The van der Waals surface area contributed by atoms with E-state index in [9.17, 15) is 18.4 Å². The summed E-state index contributed by atoms with van der Waals surface area (Å²) in [7, 11) is 0. The van der Waals surface area contributed by atoms with Crippen LogP contribution in [0.25, 0.3) is 0 Å². The molecule has 9 heteroatoms. The van der Waals surface area contributed by atoms with Crippen molar-refractivity contribution in [2.24, 2.45) is 5.73 Å². The minimum absolute atomic E-state index is 0.140. The van der Waals surface area contributed by atoms with E-state index in [4.69, 9.17) is 15.7 Å². The third-order valence-electron chi connectivity index (χ3n) is 3.16. The molecule has 0 unspecified atom stereocenters. The van der Waals surface area contributed by atoms with Gasteiger partial charge < -0.3 is 15.8 Å². The average molecular weight is 355 g/mol. The summed E-state index contributed by atoms with van der Waals surface area (Å²) in [5, 5.41) is 10.9. The van der Waals surface area contributed by atoms with Gasteiger partial charge in [-0.2, -0.15) is 4.39 Å². The number of hydrogen-bond acceptors (Lipinski definition) is 5. The number of amides is 2. The lowest BCUT2D eigenvalue weighted by atomic mass is 9.95. The Kier molecular flexibility index (Phi) is 6.85. The van der Waals surface area contributed by atoms with E-state index in [1.165, 1.54) is 19.3 Å². The number of hydroxylamine groups is 1. The zero-order valence-corrected chi connectivity index (χ0v) is 13.9. The maximum atomic E-state index is 14.1. The number of hydrogen-bond donors (Lipinski definition) is 4. The van der Waals surface area contributed by atoms with Gasteiger partial charge in [-0.3, -0.25) is 14.8 Å². The van der Waals surface area contributed by atoms with E-state index < -0.39 is 46.3 Å². The third kappa shape index (κ3) is 5.14. The van der Waals surface area contributed by atoms with Crippen molar-refractivity contribution in [3.05, 3.63) is 29.3 Å². The summed E-state index contributed by atoms with van der Waals surface area (Å²) in [5.74, 6) is -0.242. The number of ether oxygens (including phenoxy) is 1. The Morgan fingerprint density at radius 2 is 2.00 bits per heavy atom. The standard InChI is InChI=1S/C16H19F2N3O4/c1-4-5-8-25-10-7-6-9(11(17)12(10)18)14(22)20-13(15(23)21-24)16(2,3)19/h6-7,13,24H,8,19H2,1-3H3,(H,20,22)(H,21,23)/t13-/m1/s1. The lowest BCUT2D eigenvalue weighted by Crippen LogP contribution is -2.61. The minimum Gasteiger partial charge on any atom is -0.478 e. The fraction of sp³-hybridized carbons (Fsp3) is 0.375. The van der Waals surface area contributed by atoms with E-state index in [2.05, 4.69) is 17.2 Å². The van der Waals surface area contributed by atoms with Crippen LogP contribution in [0.5, 0.6) is 5.75 Å². The largest absolute Gasteiger partial charge is 0.478 e. The molecular weight excluding hydrogens is 336 g/mol. The van der Waals surface area contributed by atoms with Gasteiger partial charge in [-0.05, 0) is 32.9 Å². The second-order valence-corrected chi connectivity index (χ2v) is 5.66. The smallest absolute Gasteiger partial charge is 0.267 e. The van der Waals surface area contributed by atoms with Crippen LogP contribution >= 0.6 is 0 Å². The number of nitrogens with two attached hydrogens (primary N) is 1. The highest BCUT2D eigenvalue weighted by Crippen LogP contribution is 2.23. The third-order valence-corrected chi connectivity index (χ3v) is 3.16. The number of rotatable bonds is 6. The van der Waals surface area contributed by atoms with Crippen LogP contribution in [0.1, 0.15) is 31.1 Å². The van der Waals surface area contributed by atoms with Crippen molar-refractivity contribution in [3.63, 3.8) is 0 Å². The van der Waals surface area contributed by atoms with Crippen molar-refractivity contribution < 1.29 is 28.3 Å². The molecule has 0 heterocycles. The lowest BCUT2D eigenvalue weighted by Gasteiger charge is -2.29. The van der Waals surface area contributed by atoms with Crippen LogP contribution in [0.4, 0.5) is 8.78 Å². The Morgan fingerprint density at radius 3 is 2.52 bits per heavy atom. The van der Waals surface area contributed by atoms with E-state index in [1.54, 1.807) is 6.92 Å². The van der Waals surface area contributed by atoms with Gasteiger partial charge in [-0.25, -0.2) is 9.87 Å². The van der Waals surface area contributed by atoms with Crippen molar-refractivity contribution in [2.75, 3.05) is 6.61 Å². The molecule has 0 saturated carbocycles. The van der Waals surface area contributed by atoms with E-state index in [-0.39, 0.29) is 6.61 Å². The first-order valence-corrected chi connectivity index (χ1v) is 7.17. The van der Waals surface area contributed by atoms with Crippen molar-refractivity contribution in [3.8, 4) is 17.6 Å². The first-order chi connectivity index (χ1) is 11.6. The van der Waals surface area contributed by atoms with Gasteiger partial charge in [-0.15, -0.1) is 5.92 Å². The average Bonchev–Trinajstić information content (AvgIpc) is 2.54. The Labute approximate surface area is 143 Å². The van der Waals surface area contributed by atoms with E-state index in [0.717, 1.165) is 12.1 Å². The molecule has 0 fully saturated rings. The highest BCUT2D eigenvalue weighted by Gasteiger charge is 2.34. The van der Waals surface area contributed by atoms with Gasteiger partial charge in [0.2, 0.25) is 5.82 Å².